The molecule has 0 unspecified atom stereocenters. The molecule has 0 amide bonds. The molecule has 8 nitrogen and oxygen atoms in total. The van der Waals surface area contributed by atoms with Gasteiger partial charge in [0, 0.05) is 0 Å². The lowest BCUT2D eigenvalue weighted by Crippen LogP contribution is -2.15. The summed E-state index contributed by atoms with van der Waals surface area (Å²) in [5, 5.41) is 23.0. The quantitative estimate of drug-likeness (QED) is 0.336. The molecule has 3 N–H and O–H groups in total. The molecule has 0 bridgehead atoms. The van der Waals surface area contributed by atoms with Gasteiger partial charge in [-0.3, -0.25) is 0 Å². The molecule has 1 aromatic heterocycles. The first-order valence-corrected chi connectivity index (χ1v) is 5.10. The molecule has 0 saturated carbocycles. The number of benzene rings is 1. The van der Waals surface area contributed by atoms with Gasteiger partial charge in [0.1, 0.15) is 5.75 Å². The first kappa shape index (κ1) is 11.8. The summed E-state index contributed by atoms with van der Waals surface area (Å²) >= 11 is 0. The Balaban J connectivity index is 2.33. The molecule has 0 radical (unpaired) electrons. The van der Waals surface area contributed by atoms with Crippen LogP contribution in [0.1, 0.15) is 11.1 Å². The number of rotatable bonds is 4. The fraction of sp³-hybridized carbons (Fsp3) is 0.200. The van der Waals surface area contributed by atoms with Gasteiger partial charge in [-0.1, -0.05) is 11.2 Å². The Kier molecular flexibility index (Phi) is 3.37. The summed E-state index contributed by atoms with van der Waals surface area (Å²) < 4.78 is 5.14. The number of amidine groups is 1. The third-order valence-electron chi connectivity index (χ3n) is 2.36. The van der Waals surface area contributed by atoms with Gasteiger partial charge < -0.3 is 15.7 Å². The fourth-order valence-corrected chi connectivity index (χ4v) is 1.53. The van der Waals surface area contributed by atoms with E-state index in [9.17, 15) is 0 Å². The summed E-state index contributed by atoms with van der Waals surface area (Å²) in [6, 6.07) is 5.33. The zero-order valence-corrected chi connectivity index (χ0v) is 9.69. The van der Waals surface area contributed by atoms with Crippen LogP contribution < -0.4 is 10.5 Å². The van der Waals surface area contributed by atoms with Crippen molar-refractivity contribution in [3.8, 4) is 5.75 Å². The molecule has 94 valence electrons. The standard InChI is InChI=1S/C10H12N6O2/c1-18-9-3-2-7(4-8(9)10(11)14-17)5-16-13-6-12-15-16/h2-4,6,17H,5H2,1H3,(H2,11,14). The summed E-state index contributed by atoms with van der Waals surface area (Å²) in [5.41, 5.74) is 6.98. The number of methoxy groups -OCH3 is 1. The minimum absolute atomic E-state index is 0.0137. The number of nitrogens with zero attached hydrogens (tertiary/aromatic N) is 5. The van der Waals surface area contributed by atoms with E-state index in [0.717, 1.165) is 5.56 Å². The molecule has 0 saturated heterocycles. The number of aromatic nitrogens is 4. The molecule has 0 fully saturated rings. The minimum atomic E-state index is -0.0137. The lowest BCUT2D eigenvalue weighted by Gasteiger charge is -2.09. The Morgan fingerprint density at radius 1 is 1.56 bits per heavy atom. The van der Waals surface area contributed by atoms with E-state index in [1.54, 1.807) is 12.1 Å². The molecule has 0 spiro atoms. The van der Waals surface area contributed by atoms with Crippen molar-refractivity contribution in [3.63, 3.8) is 0 Å². The molecule has 2 rings (SSSR count). The minimum Gasteiger partial charge on any atom is -0.496 e. The highest BCUT2D eigenvalue weighted by Gasteiger charge is 2.09. The van der Waals surface area contributed by atoms with Crippen LogP contribution in [-0.2, 0) is 6.54 Å². The second-order valence-corrected chi connectivity index (χ2v) is 3.49. The molecule has 18 heavy (non-hydrogen) atoms. The van der Waals surface area contributed by atoms with Crippen molar-refractivity contribution in [1.29, 1.82) is 0 Å². The predicted molar refractivity (Wildman–Crippen MR) is 62.4 cm³/mol. The van der Waals surface area contributed by atoms with Crippen LogP contribution in [0.5, 0.6) is 5.75 Å². The van der Waals surface area contributed by atoms with Crippen molar-refractivity contribution in [2.75, 3.05) is 7.11 Å². The van der Waals surface area contributed by atoms with Crippen LogP contribution in [0, 0.1) is 0 Å². The lowest BCUT2D eigenvalue weighted by molar-refractivity contribution is 0.318. The van der Waals surface area contributed by atoms with E-state index >= 15 is 0 Å². The Morgan fingerprint density at radius 3 is 3.00 bits per heavy atom. The second kappa shape index (κ2) is 5.13. The highest BCUT2D eigenvalue weighted by Crippen LogP contribution is 2.19. The molecule has 0 atom stereocenters. The van der Waals surface area contributed by atoms with Crippen LogP contribution in [0.25, 0.3) is 0 Å². The number of ether oxygens (including phenoxy) is 1. The van der Waals surface area contributed by atoms with E-state index in [-0.39, 0.29) is 5.84 Å². The SMILES string of the molecule is COc1ccc(Cn2ncnn2)cc1C(N)=NO. The predicted octanol–water partition coefficient (Wildman–Crippen LogP) is -0.176. The number of tetrazole rings is 1. The average Bonchev–Trinajstić information content (AvgIpc) is 2.90. The largest absolute Gasteiger partial charge is 0.496 e. The number of oxime groups is 1. The second-order valence-electron chi connectivity index (χ2n) is 3.49. The Labute approximate surface area is 103 Å². The van der Waals surface area contributed by atoms with E-state index in [1.807, 2.05) is 6.07 Å². The Morgan fingerprint density at radius 2 is 2.39 bits per heavy atom. The zero-order valence-electron chi connectivity index (χ0n) is 9.69. The highest BCUT2D eigenvalue weighted by molar-refractivity contribution is 5.99. The van der Waals surface area contributed by atoms with Gasteiger partial charge in [-0.15, -0.1) is 10.2 Å². The summed E-state index contributed by atoms with van der Waals surface area (Å²) in [4.78, 5) is 1.43. The molecule has 0 aliphatic heterocycles. The average molecular weight is 248 g/mol. The van der Waals surface area contributed by atoms with Gasteiger partial charge in [-0.05, 0) is 22.9 Å². The third kappa shape index (κ3) is 2.37. The van der Waals surface area contributed by atoms with Gasteiger partial charge in [-0.25, -0.2) is 0 Å². The van der Waals surface area contributed by atoms with Crippen molar-refractivity contribution in [3.05, 3.63) is 35.7 Å². The molecule has 1 aromatic carbocycles. The first-order chi connectivity index (χ1) is 8.74. The van der Waals surface area contributed by atoms with Crippen LogP contribution in [0.3, 0.4) is 0 Å². The van der Waals surface area contributed by atoms with Crippen LogP contribution in [-0.4, -0.2) is 38.4 Å². The van der Waals surface area contributed by atoms with Crippen molar-refractivity contribution < 1.29 is 9.94 Å². The maximum Gasteiger partial charge on any atom is 0.173 e. The molecular formula is C10H12N6O2. The third-order valence-corrected chi connectivity index (χ3v) is 2.36. The van der Waals surface area contributed by atoms with Gasteiger partial charge >= 0.3 is 0 Å². The van der Waals surface area contributed by atoms with Crippen LogP contribution in [0.4, 0.5) is 0 Å². The van der Waals surface area contributed by atoms with E-state index in [1.165, 1.54) is 18.2 Å². The van der Waals surface area contributed by atoms with Crippen molar-refractivity contribution in [2.45, 2.75) is 6.54 Å². The molecule has 8 heteroatoms. The first-order valence-electron chi connectivity index (χ1n) is 5.10. The monoisotopic (exact) mass is 248 g/mol. The molecule has 1 heterocycles. The van der Waals surface area contributed by atoms with E-state index in [4.69, 9.17) is 15.7 Å². The number of hydrogen-bond acceptors (Lipinski definition) is 6. The topological polar surface area (TPSA) is 111 Å². The maximum atomic E-state index is 8.72. The van der Waals surface area contributed by atoms with Crippen molar-refractivity contribution >= 4 is 5.84 Å². The molecule has 2 aromatic rings. The summed E-state index contributed by atoms with van der Waals surface area (Å²) in [6.45, 7) is 0.440. The van der Waals surface area contributed by atoms with Crippen LogP contribution in [0.15, 0.2) is 29.7 Å². The lowest BCUT2D eigenvalue weighted by atomic mass is 10.1. The van der Waals surface area contributed by atoms with Crippen molar-refractivity contribution in [1.82, 2.24) is 20.2 Å². The van der Waals surface area contributed by atoms with Gasteiger partial charge in [0.25, 0.3) is 0 Å². The summed E-state index contributed by atoms with van der Waals surface area (Å²) in [5.74, 6) is 0.515. The van der Waals surface area contributed by atoms with Gasteiger partial charge in [0.15, 0.2) is 12.2 Å². The van der Waals surface area contributed by atoms with Crippen molar-refractivity contribution in [2.24, 2.45) is 10.9 Å². The van der Waals surface area contributed by atoms with E-state index in [2.05, 4.69) is 20.6 Å². The Hall–Kier alpha value is -2.64. The summed E-state index contributed by atoms with van der Waals surface area (Å²) in [6.07, 6.45) is 1.36. The Bertz CT molecular complexity index is 552. The number of hydrogen-bond donors (Lipinski definition) is 2. The molecular weight excluding hydrogens is 236 g/mol. The smallest absolute Gasteiger partial charge is 0.173 e. The molecule has 0 aliphatic rings. The summed E-state index contributed by atoms with van der Waals surface area (Å²) in [7, 11) is 1.52. The van der Waals surface area contributed by atoms with Gasteiger partial charge in [-0.2, -0.15) is 4.80 Å². The van der Waals surface area contributed by atoms with Gasteiger partial charge in [0.05, 0.1) is 19.2 Å². The zero-order chi connectivity index (χ0) is 13.0. The van der Waals surface area contributed by atoms with E-state index in [0.29, 0.717) is 17.9 Å². The fourth-order valence-electron chi connectivity index (χ4n) is 1.53. The van der Waals surface area contributed by atoms with E-state index < -0.39 is 0 Å². The molecule has 0 aliphatic carbocycles. The normalized spacial score (nSPS) is 11.5. The maximum absolute atomic E-state index is 8.72. The van der Waals surface area contributed by atoms with Gasteiger partial charge in [0.2, 0.25) is 0 Å². The highest BCUT2D eigenvalue weighted by atomic mass is 16.5. The number of nitrogens with two attached hydrogens (primary N) is 1. The van der Waals surface area contributed by atoms with Crippen LogP contribution >= 0.6 is 0 Å². The van der Waals surface area contributed by atoms with Crippen LogP contribution in [0.2, 0.25) is 0 Å².